The Kier molecular flexibility index (Phi) is 4.95. The molecule has 4 aromatic rings. The highest BCUT2D eigenvalue weighted by molar-refractivity contribution is 6.30. The lowest BCUT2D eigenvalue weighted by Gasteiger charge is -2.26. The van der Waals surface area contributed by atoms with Gasteiger partial charge in [0.05, 0.1) is 23.4 Å². The van der Waals surface area contributed by atoms with Crippen molar-refractivity contribution in [1.82, 2.24) is 10.3 Å². The summed E-state index contributed by atoms with van der Waals surface area (Å²) in [5.74, 6) is 0.723. The number of nitro groups is 1. The van der Waals surface area contributed by atoms with Gasteiger partial charge in [0, 0.05) is 23.8 Å². The van der Waals surface area contributed by atoms with Gasteiger partial charge >= 0.3 is 5.69 Å². The minimum atomic E-state index is -0.414. The molecule has 9 nitrogen and oxygen atoms in total. The van der Waals surface area contributed by atoms with Crippen molar-refractivity contribution < 1.29 is 14.0 Å². The van der Waals surface area contributed by atoms with E-state index in [-0.39, 0.29) is 11.2 Å². The molecule has 2 aromatic carbocycles. The predicted octanol–water partition coefficient (Wildman–Crippen LogP) is 5.32. The van der Waals surface area contributed by atoms with Crippen LogP contribution in [-0.4, -0.2) is 28.3 Å². The van der Waals surface area contributed by atoms with Gasteiger partial charge in [0.1, 0.15) is 11.4 Å². The maximum Gasteiger partial charge on any atom is 0.323 e. The summed E-state index contributed by atoms with van der Waals surface area (Å²) in [5.41, 5.74) is 2.34. The summed E-state index contributed by atoms with van der Waals surface area (Å²) >= 11 is 6.09. The van der Waals surface area contributed by atoms with Crippen molar-refractivity contribution in [2.45, 2.75) is 19.4 Å². The SMILES string of the molecule is O=[N+]([O-])c1c(N2CCCC2)cc(N(Cc2ccco2)c2ccc(Cl)cc2)c2nonc12. The van der Waals surface area contributed by atoms with Gasteiger partial charge in [0.15, 0.2) is 5.52 Å². The van der Waals surface area contributed by atoms with Crippen LogP contribution in [0.15, 0.2) is 57.8 Å². The van der Waals surface area contributed by atoms with Crippen LogP contribution >= 0.6 is 11.6 Å². The number of hydrogen-bond donors (Lipinski definition) is 0. The number of rotatable bonds is 6. The maximum atomic E-state index is 12.0. The van der Waals surface area contributed by atoms with Gasteiger partial charge in [-0.05, 0) is 65.6 Å². The second kappa shape index (κ2) is 7.92. The summed E-state index contributed by atoms with van der Waals surface area (Å²) in [6.07, 6.45) is 3.57. The van der Waals surface area contributed by atoms with Gasteiger partial charge in [0.2, 0.25) is 5.52 Å². The van der Waals surface area contributed by atoms with E-state index in [0.29, 0.717) is 28.5 Å². The molecule has 1 saturated heterocycles. The van der Waals surface area contributed by atoms with Crippen molar-refractivity contribution >= 4 is 45.4 Å². The van der Waals surface area contributed by atoms with Crippen molar-refractivity contribution in [2.24, 2.45) is 0 Å². The third-order valence-electron chi connectivity index (χ3n) is 5.42. The Labute approximate surface area is 181 Å². The van der Waals surface area contributed by atoms with E-state index >= 15 is 0 Å². The lowest BCUT2D eigenvalue weighted by atomic mass is 10.1. The summed E-state index contributed by atoms with van der Waals surface area (Å²) in [6.45, 7) is 1.88. The first kappa shape index (κ1) is 19.4. The number of nitrogens with zero attached hydrogens (tertiary/aromatic N) is 5. The molecule has 0 radical (unpaired) electrons. The molecule has 5 rings (SSSR count). The minimum Gasteiger partial charge on any atom is -0.467 e. The summed E-state index contributed by atoms with van der Waals surface area (Å²) in [4.78, 5) is 15.5. The first-order valence-electron chi connectivity index (χ1n) is 9.86. The molecule has 1 aliphatic heterocycles. The van der Waals surface area contributed by atoms with Crippen LogP contribution in [0, 0.1) is 10.1 Å². The zero-order valence-corrected chi connectivity index (χ0v) is 17.2. The van der Waals surface area contributed by atoms with E-state index in [9.17, 15) is 10.1 Å². The van der Waals surface area contributed by atoms with E-state index in [1.807, 2.05) is 34.1 Å². The average molecular weight is 440 g/mol. The molecule has 10 heteroatoms. The van der Waals surface area contributed by atoms with Crippen molar-refractivity contribution in [3.8, 4) is 0 Å². The Morgan fingerprint density at radius 1 is 1.13 bits per heavy atom. The van der Waals surface area contributed by atoms with E-state index in [0.717, 1.165) is 37.4 Å². The van der Waals surface area contributed by atoms with Gasteiger partial charge in [-0.25, -0.2) is 4.63 Å². The molecule has 0 N–H and O–H groups in total. The van der Waals surface area contributed by atoms with E-state index in [4.69, 9.17) is 20.6 Å². The van der Waals surface area contributed by atoms with Gasteiger partial charge in [-0.15, -0.1) is 0 Å². The fraction of sp³-hybridized carbons (Fsp3) is 0.238. The standard InChI is InChI=1S/C21H18ClN5O4/c22-14-5-7-15(8-6-14)26(13-16-4-3-11-30-16)17-12-18(25-9-1-2-10-25)21(27(28)29)20-19(17)23-31-24-20/h3-8,11-12H,1-2,9-10,13H2. The second-order valence-corrected chi connectivity index (χ2v) is 7.75. The molecule has 0 saturated carbocycles. The topological polar surface area (TPSA) is 102 Å². The molecule has 2 aromatic heterocycles. The fourth-order valence-electron chi connectivity index (χ4n) is 3.98. The van der Waals surface area contributed by atoms with Gasteiger partial charge in [0.25, 0.3) is 0 Å². The van der Waals surface area contributed by atoms with E-state index in [2.05, 4.69) is 10.3 Å². The molecule has 0 aliphatic carbocycles. The number of hydrogen-bond acceptors (Lipinski definition) is 8. The van der Waals surface area contributed by atoms with Crippen LogP contribution in [0.3, 0.4) is 0 Å². The van der Waals surface area contributed by atoms with Crippen LogP contribution in [0.2, 0.25) is 5.02 Å². The molecule has 158 valence electrons. The first-order valence-corrected chi connectivity index (χ1v) is 10.2. The molecule has 0 bridgehead atoms. The number of anilines is 3. The van der Waals surface area contributed by atoms with Gasteiger partial charge < -0.3 is 14.2 Å². The van der Waals surface area contributed by atoms with E-state index < -0.39 is 4.92 Å². The smallest absolute Gasteiger partial charge is 0.323 e. The molecule has 1 aliphatic rings. The van der Waals surface area contributed by atoms with Crippen LogP contribution < -0.4 is 9.80 Å². The largest absolute Gasteiger partial charge is 0.467 e. The summed E-state index contributed by atoms with van der Waals surface area (Å²) in [7, 11) is 0. The minimum absolute atomic E-state index is 0.0871. The zero-order valence-electron chi connectivity index (χ0n) is 16.4. The van der Waals surface area contributed by atoms with Crippen LogP contribution in [-0.2, 0) is 6.54 Å². The summed E-state index contributed by atoms with van der Waals surface area (Å²) in [6, 6.07) is 12.8. The highest BCUT2D eigenvalue weighted by Gasteiger charge is 2.32. The van der Waals surface area contributed by atoms with Crippen LogP contribution in [0.4, 0.5) is 22.7 Å². The van der Waals surface area contributed by atoms with Crippen LogP contribution in [0.25, 0.3) is 11.0 Å². The quantitative estimate of drug-likeness (QED) is 0.294. The number of fused-ring (bicyclic) bond motifs is 1. The number of furan rings is 1. The second-order valence-electron chi connectivity index (χ2n) is 7.32. The Morgan fingerprint density at radius 3 is 2.55 bits per heavy atom. The number of benzene rings is 2. The monoisotopic (exact) mass is 439 g/mol. The number of halogens is 1. The molecule has 1 fully saturated rings. The summed E-state index contributed by atoms with van der Waals surface area (Å²) < 4.78 is 10.5. The van der Waals surface area contributed by atoms with Gasteiger partial charge in [-0.3, -0.25) is 10.1 Å². The van der Waals surface area contributed by atoms with Crippen molar-refractivity contribution in [3.05, 3.63) is 69.6 Å². The summed E-state index contributed by atoms with van der Waals surface area (Å²) in [5, 5.41) is 20.5. The van der Waals surface area contributed by atoms with Gasteiger partial charge in [-0.1, -0.05) is 11.6 Å². The molecule has 0 unspecified atom stereocenters. The van der Waals surface area contributed by atoms with Gasteiger partial charge in [-0.2, -0.15) is 0 Å². The molecule has 31 heavy (non-hydrogen) atoms. The highest BCUT2D eigenvalue weighted by atomic mass is 35.5. The van der Waals surface area contributed by atoms with Crippen molar-refractivity contribution in [3.63, 3.8) is 0 Å². The normalized spacial score (nSPS) is 13.8. The Morgan fingerprint density at radius 2 is 1.87 bits per heavy atom. The highest BCUT2D eigenvalue weighted by Crippen LogP contribution is 2.43. The number of nitro benzene ring substituents is 1. The third-order valence-corrected chi connectivity index (χ3v) is 5.68. The number of aromatic nitrogens is 2. The Hall–Kier alpha value is -3.59. The molecule has 0 spiro atoms. The molecular formula is C21H18ClN5O4. The van der Waals surface area contributed by atoms with Crippen LogP contribution in [0.5, 0.6) is 0 Å². The predicted molar refractivity (Wildman–Crippen MR) is 116 cm³/mol. The lowest BCUT2D eigenvalue weighted by molar-refractivity contribution is -0.382. The fourth-order valence-corrected chi connectivity index (χ4v) is 4.11. The zero-order chi connectivity index (χ0) is 21.4. The molecular weight excluding hydrogens is 422 g/mol. The van der Waals surface area contributed by atoms with Crippen molar-refractivity contribution in [1.29, 1.82) is 0 Å². The maximum absolute atomic E-state index is 12.0. The Balaban J connectivity index is 1.73. The van der Waals surface area contributed by atoms with E-state index in [1.54, 1.807) is 24.5 Å². The average Bonchev–Trinajstić information content (AvgIpc) is 3.54. The first-order chi connectivity index (χ1) is 15.1. The Bertz CT molecular complexity index is 1220. The molecule has 3 heterocycles. The molecule has 0 atom stereocenters. The molecule has 0 amide bonds. The lowest BCUT2D eigenvalue weighted by Crippen LogP contribution is -2.21. The van der Waals surface area contributed by atoms with Crippen molar-refractivity contribution in [2.75, 3.05) is 22.9 Å². The van der Waals surface area contributed by atoms with Crippen LogP contribution in [0.1, 0.15) is 18.6 Å². The third kappa shape index (κ3) is 3.57. The van der Waals surface area contributed by atoms with E-state index in [1.165, 1.54) is 0 Å².